The first-order valence-electron chi connectivity index (χ1n) is 4.55. The van der Waals surface area contributed by atoms with Gasteiger partial charge in [-0.05, 0) is 48.0 Å². The van der Waals surface area contributed by atoms with Crippen molar-refractivity contribution in [3.8, 4) is 0 Å². The van der Waals surface area contributed by atoms with E-state index in [1.807, 2.05) is 20.2 Å². The van der Waals surface area contributed by atoms with Crippen molar-refractivity contribution in [3.05, 3.63) is 40.6 Å². The number of nitrogens with one attached hydrogen (secondary N) is 1. The molecule has 0 saturated carbocycles. The van der Waals surface area contributed by atoms with Gasteiger partial charge < -0.3 is 5.32 Å². The smallest absolute Gasteiger partial charge is 0.0410 e. The number of nitrogens with zero attached hydrogens (tertiary/aromatic N) is 1. The summed E-state index contributed by atoms with van der Waals surface area (Å²) in [4.78, 5) is 4.14. The summed E-state index contributed by atoms with van der Waals surface area (Å²) in [5.74, 6) is 0. The maximum atomic E-state index is 4.14. The fraction of sp³-hybridized carbons (Fsp3) is 0.364. The van der Waals surface area contributed by atoms with Gasteiger partial charge in [-0.25, -0.2) is 0 Å². The van der Waals surface area contributed by atoms with Crippen LogP contribution in [0.1, 0.15) is 24.9 Å². The normalized spacial score (nSPS) is 12.5. The van der Waals surface area contributed by atoms with Gasteiger partial charge in [-0.3, -0.25) is 4.98 Å². The maximum absolute atomic E-state index is 4.14. The maximum Gasteiger partial charge on any atom is 0.0410 e. The van der Waals surface area contributed by atoms with Crippen LogP contribution in [0.5, 0.6) is 0 Å². The summed E-state index contributed by atoms with van der Waals surface area (Å²) in [6, 6.07) is 2.38. The Morgan fingerprint density at radius 1 is 1.64 bits per heavy atom. The predicted octanol–water partition coefficient (Wildman–Crippen LogP) is 3.07. The lowest BCUT2D eigenvalue weighted by Crippen LogP contribution is -2.16. The average Bonchev–Trinajstić information content (AvgIpc) is 2.14. The fourth-order valence-electron chi connectivity index (χ4n) is 1.35. The van der Waals surface area contributed by atoms with Gasteiger partial charge in [0.15, 0.2) is 0 Å². The van der Waals surface area contributed by atoms with Crippen LogP contribution in [0, 0.1) is 0 Å². The van der Waals surface area contributed by atoms with E-state index in [9.17, 15) is 0 Å². The van der Waals surface area contributed by atoms with Crippen LogP contribution < -0.4 is 5.32 Å². The molecular formula is C11H15BrN2. The Morgan fingerprint density at radius 2 is 2.36 bits per heavy atom. The van der Waals surface area contributed by atoms with Crippen LogP contribution in [0.2, 0.25) is 0 Å². The summed E-state index contributed by atoms with van der Waals surface area (Å²) in [6.07, 6.45) is 4.61. The van der Waals surface area contributed by atoms with Gasteiger partial charge in [0.05, 0.1) is 0 Å². The Balaban J connectivity index is 2.83. The Hall–Kier alpha value is -0.670. The van der Waals surface area contributed by atoms with Crippen LogP contribution >= 0.6 is 15.9 Å². The summed E-state index contributed by atoms with van der Waals surface area (Å²) in [5, 5.41) is 3.26. The van der Waals surface area contributed by atoms with Crippen molar-refractivity contribution < 1.29 is 0 Å². The van der Waals surface area contributed by atoms with Gasteiger partial charge in [-0.15, -0.1) is 6.58 Å². The molecule has 0 fully saturated rings. The number of hydrogen-bond acceptors (Lipinski definition) is 2. The Bertz CT molecular complexity index is 323. The van der Waals surface area contributed by atoms with E-state index in [-0.39, 0.29) is 0 Å². The van der Waals surface area contributed by atoms with Gasteiger partial charge in [0.2, 0.25) is 0 Å². The van der Waals surface area contributed by atoms with Gasteiger partial charge in [0.25, 0.3) is 0 Å². The molecule has 0 radical (unpaired) electrons. The first kappa shape index (κ1) is 11.4. The van der Waals surface area contributed by atoms with Crippen molar-refractivity contribution in [1.82, 2.24) is 10.3 Å². The van der Waals surface area contributed by atoms with Crippen LogP contribution in [-0.2, 0) is 0 Å². The minimum atomic E-state index is 0.303. The molecule has 0 aliphatic rings. The topological polar surface area (TPSA) is 24.9 Å². The molecule has 0 amide bonds. The largest absolute Gasteiger partial charge is 0.313 e. The monoisotopic (exact) mass is 254 g/mol. The third kappa shape index (κ3) is 3.24. The average molecular weight is 255 g/mol. The number of rotatable bonds is 4. The van der Waals surface area contributed by atoms with E-state index in [1.165, 1.54) is 11.1 Å². The summed E-state index contributed by atoms with van der Waals surface area (Å²) < 4.78 is 1.01. The molecule has 76 valence electrons. The molecular weight excluding hydrogens is 240 g/mol. The quantitative estimate of drug-likeness (QED) is 0.836. The van der Waals surface area contributed by atoms with Crippen LogP contribution in [0.25, 0.3) is 0 Å². The SMILES string of the molecule is C=C(C)CC(NC)c1cncc(Br)c1. The molecule has 3 heteroatoms. The molecule has 2 nitrogen and oxygen atoms in total. The second-order valence-electron chi connectivity index (χ2n) is 3.44. The minimum absolute atomic E-state index is 0.303. The molecule has 0 spiro atoms. The Labute approximate surface area is 93.6 Å². The van der Waals surface area contributed by atoms with Gasteiger partial charge in [-0.2, -0.15) is 0 Å². The van der Waals surface area contributed by atoms with Crippen LogP contribution in [0.4, 0.5) is 0 Å². The number of aromatic nitrogens is 1. The van der Waals surface area contributed by atoms with E-state index in [0.717, 1.165) is 10.9 Å². The molecule has 0 bridgehead atoms. The fourth-order valence-corrected chi connectivity index (χ4v) is 1.74. The second kappa shape index (κ2) is 5.27. The highest BCUT2D eigenvalue weighted by Gasteiger charge is 2.09. The molecule has 1 aromatic heterocycles. The molecule has 1 aromatic rings. The van der Waals surface area contributed by atoms with Gasteiger partial charge in [0.1, 0.15) is 0 Å². The van der Waals surface area contributed by atoms with E-state index < -0.39 is 0 Å². The Morgan fingerprint density at radius 3 is 2.86 bits per heavy atom. The summed E-state index contributed by atoms with van der Waals surface area (Å²) >= 11 is 3.41. The first-order chi connectivity index (χ1) is 6.63. The molecule has 1 N–H and O–H groups in total. The van der Waals surface area contributed by atoms with Crippen molar-refractivity contribution in [2.75, 3.05) is 7.05 Å². The molecule has 1 unspecified atom stereocenters. The highest BCUT2D eigenvalue weighted by Crippen LogP contribution is 2.21. The van der Waals surface area contributed by atoms with Crippen LogP contribution in [0.3, 0.4) is 0 Å². The molecule has 0 saturated heterocycles. The van der Waals surface area contributed by atoms with E-state index in [1.54, 1.807) is 6.20 Å². The van der Waals surface area contributed by atoms with Crippen molar-refractivity contribution in [2.24, 2.45) is 0 Å². The first-order valence-corrected chi connectivity index (χ1v) is 5.35. The standard InChI is InChI=1S/C11H15BrN2/c1-8(2)4-11(13-3)9-5-10(12)7-14-6-9/h5-7,11,13H,1,4H2,2-3H3. The lowest BCUT2D eigenvalue weighted by atomic mass is 10.0. The van der Waals surface area contributed by atoms with Crippen molar-refractivity contribution in [1.29, 1.82) is 0 Å². The van der Waals surface area contributed by atoms with Crippen molar-refractivity contribution >= 4 is 15.9 Å². The van der Waals surface area contributed by atoms with Gasteiger partial charge >= 0.3 is 0 Å². The summed E-state index contributed by atoms with van der Waals surface area (Å²) in [7, 11) is 1.95. The zero-order chi connectivity index (χ0) is 10.6. The van der Waals surface area contributed by atoms with Gasteiger partial charge in [-0.1, -0.05) is 5.57 Å². The van der Waals surface area contributed by atoms with E-state index in [2.05, 4.69) is 38.9 Å². The molecule has 0 aliphatic heterocycles. The highest BCUT2D eigenvalue weighted by atomic mass is 79.9. The third-order valence-electron chi connectivity index (χ3n) is 2.03. The third-order valence-corrected chi connectivity index (χ3v) is 2.46. The molecule has 0 aromatic carbocycles. The number of hydrogen-bond donors (Lipinski definition) is 1. The van der Waals surface area contributed by atoms with Crippen molar-refractivity contribution in [2.45, 2.75) is 19.4 Å². The minimum Gasteiger partial charge on any atom is -0.313 e. The van der Waals surface area contributed by atoms with E-state index in [0.29, 0.717) is 6.04 Å². The number of pyridine rings is 1. The lowest BCUT2D eigenvalue weighted by molar-refractivity contribution is 0.587. The zero-order valence-corrected chi connectivity index (χ0v) is 10.1. The van der Waals surface area contributed by atoms with E-state index >= 15 is 0 Å². The lowest BCUT2D eigenvalue weighted by Gasteiger charge is -2.16. The predicted molar refractivity (Wildman–Crippen MR) is 63.2 cm³/mol. The molecule has 1 heterocycles. The molecule has 0 aliphatic carbocycles. The molecule has 1 atom stereocenters. The van der Waals surface area contributed by atoms with E-state index in [4.69, 9.17) is 0 Å². The van der Waals surface area contributed by atoms with Crippen molar-refractivity contribution in [3.63, 3.8) is 0 Å². The van der Waals surface area contributed by atoms with Gasteiger partial charge in [0, 0.05) is 22.9 Å². The van der Waals surface area contributed by atoms with Crippen LogP contribution in [-0.4, -0.2) is 12.0 Å². The van der Waals surface area contributed by atoms with Crippen LogP contribution in [0.15, 0.2) is 35.1 Å². The Kier molecular flexibility index (Phi) is 4.29. The highest BCUT2D eigenvalue weighted by molar-refractivity contribution is 9.10. The zero-order valence-electron chi connectivity index (χ0n) is 8.55. The number of halogens is 1. The molecule has 1 rings (SSSR count). The second-order valence-corrected chi connectivity index (χ2v) is 4.35. The summed E-state index contributed by atoms with van der Waals surface area (Å²) in [5.41, 5.74) is 2.36. The summed E-state index contributed by atoms with van der Waals surface area (Å²) in [6.45, 7) is 5.96. The molecule has 14 heavy (non-hydrogen) atoms.